The molecule has 2 heterocycles. The largest absolute Gasteiger partial charge is 0.486 e. The number of benzene rings is 1. The van der Waals surface area contributed by atoms with Gasteiger partial charge in [-0.15, -0.1) is 0 Å². The van der Waals surface area contributed by atoms with E-state index in [1.165, 1.54) is 18.3 Å². The Morgan fingerprint density at radius 3 is 2.60 bits per heavy atom. The van der Waals surface area contributed by atoms with Gasteiger partial charge in [0.15, 0.2) is 11.5 Å². The van der Waals surface area contributed by atoms with E-state index in [4.69, 9.17) is 9.47 Å². The average Bonchev–Trinajstić information content (AvgIpc) is 2.47. The molecular formula is C13H12N2O4S. The fourth-order valence-electron chi connectivity index (χ4n) is 1.81. The van der Waals surface area contributed by atoms with Gasteiger partial charge in [0.2, 0.25) is 0 Å². The van der Waals surface area contributed by atoms with Crippen LogP contribution in [0.4, 0.5) is 5.82 Å². The molecule has 0 saturated heterocycles. The van der Waals surface area contributed by atoms with Crippen molar-refractivity contribution in [1.29, 1.82) is 0 Å². The Hall–Kier alpha value is -2.28. The van der Waals surface area contributed by atoms with Crippen LogP contribution in [0, 0.1) is 0 Å². The van der Waals surface area contributed by atoms with Gasteiger partial charge in [-0.3, -0.25) is 4.72 Å². The summed E-state index contributed by atoms with van der Waals surface area (Å²) in [4.78, 5) is 4.03. The van der Waals surface area contributed by atoms with Crippen LogP contribution >= 0.6 is 0 Å². The fraction of sp³-hybridized carbons (Fsp3) is 0.154. The van der Waals surface area contributed by atoms with Crippen molar-refractivity contribution >= 4 is 15.8 Å². The van der Waals surface area contributed by atoms with E-state index < -0.39 is 10.0 Å². The topological polar surface area (TPSA) is 77.5 Å². The maximum absolute atomic E-state index is 12.2. The molecule has 0 spiro atoms. The Balaban J connectivity index is 1.91. The normalized spacial score (nSPS) is 13.8. The van der Waals surface area contributed by atoms with Crippen molar-refractivity contribution < 1.29 is 17.9 Å². The first-order valence-corrected chi connectivity index (χ1v) is 7.47. The molecule has 20 heavy (non-hydrogen) atoms. The van der Waals surface area contributed by atoms with Gasteiger partial charge in [-0.05, 0) is 24.3 Å². The fourth-order valence-corrected chi connectivity index (χ4v) is 2.83. The molecule has 3 rings (SSSR count). The van der Waals surface area contributed by atoms with E-state index >= 15 is 0 Å². The number of ether oxygens (including phenoxy) is 2. The second-order valence-corrected chi connectivity index (χ2v) is 5.81. The number of sulfonamides is 1. The number of nitrogens with one attached hydrogen (secondary N) is 1. The summed E-state index contributed by atoms with van der Waals surface area (Å²) in [5, 5.41) is 0. The zero-order chi connectivity index (χ0) is 14.0. The molecule has 1 aliphatic heterocycles. The van der Waals surface area contributed by atoms with Crippen molar-refractivity contribution in [2.45, 2.75) is 4.90 Å². The molecule has 1 aromatic heterocycles. The Bertz CT molecular complexity index is 716. The van der Waals surface area contributed by atoms with Gasteiger partial charge in [0.05, 0.1) is 4.90 Å². The number of nitrogens with zero attached hydrogens (tertiary/aromatic N) is 1. The first kappa shape index (κ1) is 12.7. The highest BCUT2D eigenvalue weighted by Gasteiger charge is 2.19. The molecule has 0 fully saturated rings. The van der Waals surface area contributed by atoms with Crippen LogP contribution in [0.25, 0.3) is 0 Å². The summed E-state index contributed by atoms with van der Waals surface area (Å²) in [5.74, 6) is 1.25. The molecule has 0 unspecified atom stereocenters. The smallest absolute Gasteiger partial charge is 0.263 e. The van der Waals surface area contributed by atoms with Crippen molar-refractivity contribution in [2.75, 3.05) is 17.9 Å². The van der Waals surface area contributed by atoms with Crippen molar-refractivity contribution in [2.24, 2.45) is 0 Å². The Morgan fingerprint density at radius 2 is 1.85 bits per heavy atom. The first-order valence-electron chi connectivity index (χ1n) is 5.99. The molecule has 0 aliphatic carbocycles. The van der Waals surface area contributed by atoms with E-state index in [0.717, 1.165) is 0 Å². The molecule has 104 valence electrons. The molecule has 0 saturated carbocycles. The van der Waals surface area contributed by atoms with Crippen LogP contribution in [0.3, 0.4) is 0 Å². The highest BCUT2D eigenvalue weighted by atomic mass is 32.2. The molecule has 0 bridgehead atoms. The molecule has 2 aromatic rings. The molecule has 0 amide bonds. The van der Waals surface area contributed by atoms with Crippen LogP contribution in [0.1, 0.15) is 0 Å². The van der Waals surface area contributed by atoms with E-state index in [1.807, 2.05) is 0 Å². The number of anilines is 1. The van der Waals surface area contributed by atoms with Crippen LogP contribution in [0.15, 0.2) is 47.5 Å². The second-order valence-electron chi connectivity index (χ2n) is 4.13. The highest BCUT2D eigenvalue weighted by Crippen LogP contribution is 2.32. The molecule has 0 atom stereocenters. The SMILES string of the molecule is O=S(=O)(Nc1ccccn1)c1ccc2c(c1)OCCO2. The Kier molecular flexibility index (Phi) is 3.19. The minimum atomic E-state index is -3.69. The number of rotatable bonds is 3. The van der Waals surface area contributed by atoms with E-state index in [-0.39, 0.29) is 10.7 Å². The summed E-state index contributed by atoms with van der Waals surface area (Å²) in [6, 6.07) is 9.49. The van der Waals surface area contributed by atoms with Crippen molar-refractivity contribution in [3.05, 3.63) is 42.6 Å². The number of pyridine rings is 1. The van der Waals surface area contributed by atoms with Gasteiger partial charge in [0, 0.05) is 12.3 Å². The maximum Gasteiger partial charge on any atom is 0.263 e. The van der Waals surface area contributed by atoms with Crippen molar-refractivity contribution in [1.82, 2.24) is 4.98 Å². The maximum atomic E-state index is 12.2. The second kappa shape index (κ2) is 5.01. The van der Waals surface area contributed by atoms with E-state index in [0.29, 0.717) is 24.7 Å². The third-order valence-corrected chi connectivity index (χ3v) is 4.08. The van der Waals surface area contributed by atoms with Crippen molar-refractivity contribution in [3.63, 3.8) is 0 Å². The molecule has 7 heteroatoms. The summed E-state index contributed by atoms with van der Waals surface area (Å²) < 4.78 is 37.6. The third-order valence-electron chi connectivity index (χ3n) is 2.73. The van der Waals surface area contributed by atoms with E-state index in [2.05, 4.69) is 9.71 Å². The summed E-state index contributed by atoms with van der Waals surface area (Å²) in [7, 11) is -3.69. The summed E-state index contributed by atoms with van der Waals surface area (Å²) >= 11 is 0. The van der Waals surface area contributed by atoms with Gasteiger partial charge in [0.1, 0.15) is 19.0 Å². The van der Waals surface area contributed by atoms with Gasteiger partial charge in [-0.2, -0.15) is 0 Å². The predicted molar refractivity (Wildman–Crippen MR) is 72.5 cm³/mol. The van der Waals surface area contributed by atoms with Gasteiger partial charge >= 0.3 is 0 Å². The van der Waals surface area contributed by atoms with E-state index in [9.17, 15) is 8.42 Å². The van der Waals surface area contributed by atoms with Gasteiger partial charge in [0.25, 0.3) is 10.0 Å². The molecular weight excluding hydrogens is 280 g/mol. The third kappa shape index (κ3) is 2.53. The zero-order valence-electron chi connectivity index (χ0n) is 10.4. The molecule has 1 N–H and O–H groups in total. The van der Waals surface area contributed by atoms with E-state index in [1.54, 1.807) is 24.3 Å². The van der Waals surface area contributed by atoms with Gasteiger partial charge in [-0.25, -0.2) is 13.4 Å². The minimum absolute atomic E-state index is 0.104. The summed E-state index contributed by atoms with van der Waals surface area (Å²) in [5.41, 5.74) is 0. The standard InChI is InChI=1S/C13H12N2O4S/c16-20(17,15-13-3-1-2-6-14-13)10-4-5-11-12(9-10)19-8-7-18-11/h1-6,9H,7-8H2,(H,14,15). The van der Waals surface area contributed by atoms with Gasteiger partial charge in [-0.1, -0.05) is 6.07 Å². The van der Waals surface area contributed by atoms with Crippen LogP contribution in [0.5, 0.6) is 11.5 Å². The highest BCUT2D eigenvalue weighted by molar-refractivity contribution is 7.92. The Morgan fingerprint density at radius 1 is 1.05 bits per heavy atom. The monoisotopic (exact) mass is 292 g/mol. The molecule has 0 radical (unpaired) electrons. The minimum Gasteiger partial charge on any atom is -0.486 e. The van der Waals surface area contributed by atoms with Gasteiger partial charge < -0.3 is 9.47 Å². The lowest BCUT2D eigenvalue weighted by Crippen LogP contribution is -2.17. The van der Waals surface area contributed by atoms with Crippen LogP contribution in [-0.2, 0) is 10.0 Å². The lowest BCUT2D eigenvalue weighted by molar-refractivity contribution is 0.171. The quantitative estimate of drug-likeness (QED) is 0.930. The molecule has 1 aliphatic rings. The predicted octanol–water partition coefficient (Wildman–Crippen LogP) is 1.65. The number of fused-ring (bicyclic) bond motifs is 1. The zero-order valence-corrected chi connectivity index (χ0v) is 11.3. The molecule has 6 nitrogen and oxygen atoms in total. The first-order chi connectivity index (χ1) is 9.65. The summed E-state index contributed by atoms with van der Waals surface area (Å²) in [6.45, 7) is 0.870. The lowest BCUT2D eigenvalue weighted by atomic mass is 10.3. The summed E-state index contributed by atoms with van der Waals surface area (Å²) in [6.07, 6.45) is 1.52. The van der Waals surface area contributed by atoms with Crippen LogP contribution < -0.4 is 14.2 Å². The number of hydrogen-bond donors (Lipinski definition) is 1. The Labute approximate surface area is 116 Å². The number of hydrogen-bond acceptors (Lipinski definition) is 5. The van der Waals surface area contributed by atoms with Crippen LogP contribution in [0.2, 0.25) is 0 Å². The lowest BCUT2D eigenvalue weighted by Gasteiger charge is -2.18. The average molecular weight is 292 g/mol. The number of aromatic nitrogens is 1. The molecule has 1 aromatic carbocycles. The van der Waals surface area contributed by atoms with Crippen molar-refractivity contribution in [3.8, 4) is 11.5 Å². The van der Waals surface area contributed by atoms with Crippen LogP contribution in [-0.4, -0.2) is 26.6 Å².